The van der Waals surface area contributed by atoms with Crippen molar-refractivity contribution in [3.8, 4) is 11.5 Å². The van der Waals surface area contributed by atoms with Crippen LogP contribution in [0.4, 0.5) is 5.69 Å². The Kier molecular flexibility index (Phi) is 7.54. The fourth-order valence-electron chi connectivity index (χ4n) is 2.77. The van der Waals surface area contributed by atoms with E-state index in [2.05, 4.69) is 10.3 Å². The maximum Gasteiger partial charge on any atom is 0.262 e. The quantitative estimate of drug-likeness (QED) is 0.404. The van der Waals surface area contributed by atoms with E-state index in [9.17, 15) is 9.59 Å². The Labute approximate surface area is 181 Å². The highest BCUT2D eigenvalue weighted by Crippen LogP contribution is 2.29. The highest BCUT2D eigenvalue weighted by molar-refractivity contribution is 6.06. The van der Waals surface area contributed by atoms with Gasteiger partial charge in [0.05, 0.1) is 6.61 Å². The first-order valence-electron chi connectivity index (χ1n) is 9.94. The minimum absolute atomic E-state index is 0.140. The molecule has 0 atom stereocenters. The van der Waals surface area contributed by atoms with Gasteiger partial charge in [-0.15, -0.1) is 0 Å². The molecule has 1 aromatic heterocycles. The van der Waals surface area contributed by atoms with Gasteiger partial charge in [0.25, 0.3) is 5.91 Å². The molecule has 1 amide bonds. The molecule has 3 aromatic rings. The van der Waals surface area contributed by atoms with Crippen molar-refractivity contribution in [3.05, 3.63) is 89.8 Å². The third kappa shape index (κ3) is 6.54. The summed E-state index contributed by atoms with van der Waals surface area (Å²) >= 11 is 0. The molecule has 0 saturated carbocycles. The van der Waals surface area contributed by atoms with Crippen molar-refractivity contribution >= 4 is 23.5 Å². The van der Waals surface area contributed by atoms with Gasteiger partial charge in [0, 0.05) is 23.6 Å². The SMILES string of the molecule is CCOc1cc(/C=C/C(=O)c2cccnc2)ccc1OCC(=O)Nc1ccc(C)cc1. The van der Waals surface area contributed by atoms with E-state index >= 15 is 0 Å². The Morgan fingerprint density at radius 1 is 1.03 bits per heavy atom. The minimum atomic E-state index is -0.266. The lowest BCUT2D eigenvalue weighted by Gasteiger charge is -2.13. The summed E-state index contributed by atoms with van der Waals surface area (Å²) < 4.78 is 11.3. The predicted molar refractivity (Wildman–Crippen MR) is 121 cm³/mol. The van der Waals surface area contributed by atoms with Crippen molar-refractivity contribution in [2.45, 2.75) is 13.8 Å². The molecular formula is C25H24N2O4. The third-order valence-electron chi connectivity index (χ3n) is 4.33. The molecule has 0 aliphatic heterocycles. The molecule has 6 heteroatoms. The predicted octanol–water partition coefficient (Wildman–Crippen LogP) is 4.70. The molecule has 6 nitrogen and oxygen atoms in total. The normalized spacial score (nSPS) is 10.6. The van der Waals surface area contributed by atoms with E-state index in [1.807, 2.05) is 38.1 Å². The molecule has 0 aliphatic rings. The molecule has 0 fully saturated rings. The Balaban J connectivity index is 1.64. The van der Waals surface area contributed by atoms with Crippen molar-refractivity contribution in [1.82, 2.24) is 4.98 Å². The van der Waals surface area contributed by atoms with Crippen molar-refractivity contribution in [3.63, 3.8) is 0 Å². The zero-order valence-corrected chi connectivity index (χ0v) is 17.5. The Hall–Kier alpha value is -3.93. The van der Waals surface area contributed by atoms with Crippen LogP contribution in [0.25, 0.3) is 6.08 Å². The van der Waals surface area contributed by atoms with Crippen LogP contribution in [-0.4, -0.2) is 29.9 Å². The molecule has 158 valence electrons. The number of aromatic nitrogens is 1. The van der Waals surface area contributed by atoms with Gasteiger partial charge in [0.1, 0.15) is 0 Å². The van der Waals surface area contributed by atoms with Crippen molar-refractivity contribution < 1.29 is 19.1 Å². The number of carbonyl (C=O) groups excluding carboxylic acids is 2. The summed E-state index contributed by atoms with van der Waals surface area (Å²) in [5, 5.41) is 2.79. The molecule has 31 heavy (non-hydrogen) atoms. The lowest BCUT2D eigenvalue weighted by atomic mass is 10.1. The summed E-state index contributed by atoms with van der Waals surface area (Å²) in [6.45, 7) is 4.14. The highest BCUT2D eigenvalue weighted by Gasteiger charge is 2.10. The van der Waals surface area contributed by atoms with Crippen LogP contribution >= 0.6 is 0 Å². The number of aryl methyl sites for hydroxylation is 1. The number of benzene rings is 2. The number of carbonyl (C=O) groups is 2. The summed E-state index contributed by atoms with van der Waals surface area (Å²) in [5.74, 6) is 0.551. The van der Waals surface area contributed by atoms with Crippen LogP contribution < -0.4 is 14.8 Å². The molecular weight excluding hydrogens is 392 g/mol. The van der Waals surface area contributed by atoms with Crippen LogP contribution in [0.1, 0.15) is 28.4 Å². The van der Waals surface area contributed by atoms with Gasteiger partial charge in [-0.05, 0) is 61.9 Å². The average molecular weight is 416 g/mol. The van der Waals surface area contributed by atoms with Crippen LogP contribution in [0.2, 0.25) is 0 Å². The molecule has 3 rings (SSSR count). The molecule has 0 bridgehead atoms. The van der Waals surface area contributed by atoms with E-state index in [0.717, 1.165) is 11.1 Å². The second-order valence-corrected chi connectivity index (χ2v) is 6.78. The number of amides is 1. The number of ether oxygens (including phenoxy) is 2. The number of anilines is 1. The van der Waals surface area contributed by atoms with Gasteiger partial charge in [-0.25, -0.2) is 0 Å². The van der Waals surface area contributed by atoms with Crippen molar-refractivity contribution in [1.29, 1.82) is 0 Å². The van der Waals surface area contributed by atoms with Crippen LogP contribution in [0.5, 0.6) is 11.5 Å². The summed E-state index contributed by atoms with van der Waals surface area (Å²) in [4.78, 5) is 28.4. The fourth-order valence-corrected chi connectivity index (χ4v) is 2.77. The number of hydrogen-bond acceptors (Lipinski definition) is 5. The van der Waals surface area contributed by atoms with Gasteiger partial charge in [-0.2, -0.15) is 0 Å². The number of rotatable bonds is 9. The van der Waals surface area contributed by atoms with Crippen molar-refractivity contribution in [2.75, 3.05) is 18.5 Å². The number of nitrogens with zero attached hydrogens (tertiary/aromatic N) is 1. The summed E-state index contributed by atoms with van der Waals surface area (Å²) in [6, 6.07) is 16.2. The van der Waals surface area contributed by atoms with Crippen LogP contribution in [-0.2, 0) is 4.79 Å². The molecule has 2 aromatic carbocycles. The van der Waals surface area contributed by atoms with Gasteiger partial charge in [-0.1, -0.05) is 29.8 Å². The molecule has 0 radical (unpaired) electrons. The van der Waals surface area contributed by atoms with Crippen LogP contribution in [0, 0.1) is 6.92 Å². The smallest absolute Gasteiger partial charge is 0.262 e. The minimum Gasteiger partial charge on any atom is -0.490 e. The number of ketones is 1. The van der Waals surface area contributed by atoms with E-state index in [-0.39, 0.29) is 18.3 Å². The first kappa shape index (κ1) is 21.8. The van der Waals surface area contributed by atoms with Gasteiger partial charge >= 0.3 is 0 Å². The first-order chi connectivity index (χ1) is 15.0. The van der Waals surface area contributed by atoms with Gasteiger partial charge in [0.15, 0.2) is 23.9 Å². The Bertz CT molecular complexity index is 1060. The van der Waals surface area contributed by atoms with Crippen molar-refractivity contribution in [2.24, 2.45) is 0 Å². The zero-order valence-electron chi connectivity index (χ0n) is 17.5. The number of pyridine rings is 1. The monoisotopic (exact) mass is 416 g/mol. The zero-order chi connectivity index (χ0) is 22.1. The topological polar surface area (TPSA) is 77.5 Å². The van der Waals surface area contributed by atoms with Gasteiger partial charge in [-0.3, -0.25) is 14.6 Å². The van der Waals surface area contributed by atoms with E-state index in [0.29, 0.717) is 29.4 Å². The lowest BCUT2D eigenvalue weighted by Crippen LogP contribution is -2.20. The molecule has 0 spiro atoms. The largest absolute Gasteiger partial charge is 0.490 e. The molecule has 1 N–H and O–H groups in total. The average Bonchev–Trinajstić information content (AvgIpc) is 2.79. The standard InChI is InChI=1S/C25H24N2O4/c1-3-30-24-15-19(8-12-22(28)20-5-4-14-26-16-20)9-13-23(24)31-17-25(29)27-21-10-6-18(2)7-11-21/h4-16H,3,17H2,1-2H3,(H,27,29)/b12-8+. The Morgan fingerprint density at radius 2 is 1.84 bits per heavy atom. The third-order valence-corrected chi connectivity index (χ3v) is 4.33. The summed E-state index contributed by atoms with van der Waals surface area (Å²) in [6.07, 6.45) is 6.33. The second-order valence-electron chi connectivity index (χ2n) is 6.78. The molecule has 0 unspecified atom stereocenters. The van der Waals surface area contributed by atoms with Gasteiger partial charge in [0.2, 0.25) is 0 Å². The number of hydrogen-bond donors (Lipinski definition) is 1. The number of allylic oxidation sites excluding steroid dienone is 1. The fraction of sp³-hybridized carbons (Fsp3) is 0.160. The summed E-state index contributed by atoms with van der Waals surface area (Å²) in [5.41, 5.74) is 3.12. The highest BCUT2D eigenvalue weighted by atomic mass is 16.5. The first-order valence-corrected chi connectivity index (χ1v) is 9.94. The molecule has 0 aliphatic carbocycles. The Morgan fingerprint density at radius 3 is 2.55 bits per heavy atom. The van der Waals surface area contributed by atoms with E-state index in [1.165, 1.54) is 12.3 Å². The number of nitrogens with one attached hydrogen (secondary N) is 1. The van der Waals surface area contributed by atoms with Crippen LogP contribution in [0.15, 0.2) is 73.1 Å². The van der Waals surface area contributed by atoms with E-state index < -0.39 is 0 Å². The van der Waals surface area contributed by atoms with E-state index in [1.54, 1.807) is 42.6 Å². The summed E-state index contributed by atoms with van der Waals surface area (Å²) in [7, 11) is 0. The van der Waals surface area contributed by atoms with E-state index in [4.69, 9.17) is 9.47 Å². The van der Waals surface area contributed by atoms with Gasteiger partial charge < -0.3 is 14.8 Å². The second kappa shape index (κ2) is 10.7. The lowest BCUT2D eigenvalue weighted by molar-refractivity contribution is -0.118. The maximum absolute atomic E-state index is 12.2. The maximum atomic E-state index is 12.2. The molecule has 0 saturated heterocycles. The molecule has 1 heterocycles. The van der Waals surface area contributed by atoms with Crippen LogP contribution in [0.3, 0.4) is 0 Å².